The summed E-state index contributed by atoms with van der Waals surface area (Å²) in [6.45, 7) is 12.8. The Bertz CT molecular complexity index is 489. The van der Waals surface area contributed by atoms with Crippen LogP contribution in [0.25, 0.3) is 0 Å². The highest BCUT2D eigenvalue weighted by molar-refractivity contribution is 14.0. The normalized spacial score (nSPS) is 12.0. The van der Waals surface area contributed by atoms with Crippen molar-refractivity contribution in [1.82, 2.24) is 15.6 Å². The summed E-state index contributed by atoms with van der Waals surface area (Å²) in [5.74, 6) is 0.819. The van der Waals surface area contributed by atoms with Crippen LogP contribution in [0.3, 0.4) is 0 Å². The van der Waals surface area contributed by atoms with Crippen molar-refractivity contribution in [3.8, 4) is 0 Å². The molecule has 8 heteroatoms. The van der Waals surface area contributed by atoms with Crippen molar-refractivity contribution in [3.05, 3.63) is 16.1 Å². The van der Waals surface area contributed by atoms with Gasteiger partial charge < -0.3 is 20.1 Å². The van der Waals surface area contributed by atoms with Gasteiger partial charge in [-0.25, -0.2) is 9.98 Å². The molecule has 146 valence electrons. The Morgan fingerprint density at radius 2 is 2.00 bits per heavy atom. The van der Waals surface area contributed by atoms with Crippen LogP contribution in [0.5, 0.6) is 0 Å². The minimum Gasteiger partial charge on any atom is -0.382 e. The molecule has 25 heavy (non-hydrogen) atoms. The van der Waals surface area contributed by atoms with Crippen molar-refractivity contribution in [1.29, 1.82) is 0 Å². The van der Waals surface area contributed by atoms with Crippen LogP contribution in [0.15, 0.2) is 10.4 Å². The molecule has 0 saturated heterocycles. The van der Waals surface area contributed by atoms with E-state index in [9.17, 15) is 0 Å². The maximum Gasteiger partial charge on any atom is 0.191 e. The van der Waals surface area contributed by atoms with Crippen LogP contribution in [0.1, 0.15) is 44.8 Å². The van der Waals surface area contributed by atoms with Gasteiger partial charge in [0.1, 0.15) is 0 Å². The van der Waals surface area contributed by atoms with E-state index in [1.165, 1.54) is 0 Å². The number of ether oxygens (including phenoxy) is 2. The van der Waals surface area contributed by atoms with Gasteiger partial charge in [0, 0.05) is 37.6 Å². The van der Waals surface area contributed by atoms with E-state index in [4.69, 9.17) is 9.47 Å². The van der Waals surface area contributed by atoms with E-state index in [0.717, 1.165) is 42.8 Å². The molecule has 0 bridgehead atoms. The lowest BCUT2D eigenvalue weighted by Crippen LogP contribution is -2.38. The lowest BCUT2D eigenvalue weighted by molar-refractivity contribution is 0.0698. The highest BCUT2D eigenvalue weighted by atomic mass is 127. The van der Waals surface area contributed by atoms with E-state index in [2.05, 4.69) is 53.7 Å². The SMILES string of the molecule is CCNC(=NCc1csc(C(C)(C)C)n1)NCCCOCCOC.I. The molecule has 0 amide bonds. The second-order valence-corrected chi connectivity index (χ2v) is 7.33. The van der Waals surface area contributed by atoms with Gasteiger partial charge in [-0.1, -0.05) is 20.8 Å². The molecule has 0 fully saturated rings. The number of methoxy groups -OCH3 is 1. The number of aromatic nitrogens is 1. The number of hydrogen-bond donors (Lipinski definition) is 2. The van der Waals surface area contributed by atoms with Gasteiger partial charge >= 0.3 is 0 Å². The fourth-order valence-corrected chi connectivity index (χ4v) is 2.75. The number of nitrogens with zero attached hydrogens (tertiary/aromatic N) is 2. The number of thiazole rings is 1. The standard InChI is InChI=1S/C17H32N4O2S.HI/c1-6-18-16(19-8-7-9-23-11-10-22-5)20-12-14-13-24-15(21-14)17(2,3)4;/h13H,6-12H2,1-5H3,(H2,18,19,20);1H. The first-order valence-corrected chi connectivity index (χ1v) is 9.39. The monoisotopic (exact) mass is 484 g/mol. The van der Waals surface area contributed by atoms with Crippen molar-refractivity contribution in [3.63, 3.8) is 0 Å². The van der Waals surface area contributed by atoms with Crippen LogP contribution < -0.4 is 10.6 Å². The Kier molecular flexibility index (Phi) is 13.5. The largest absolute Gasteiger partial charge is 0.382 e. The molecular weight excluding hydrogens is 451 g/mol. The number of guanidine groups is 1. The van der Waals surface area contributed by atoms with Crippen molar-refractivity contribution in [2.45, 2.75) is 46.1 Å². The molecule has 1 heterocycles. The zero-order chi connectivity index (χ0) is 17.8. The molecule has 0 atom stereocenters. The molecule has 0 aromatic carbocycles. The highest BCUT2D eigenvalue weighted by Gasteiger charge is 2.17. The van der Waals surface area contributed by atoms with E-state index in [1.807, 2.05) is 0 Å². The third kappa shape index (κ3) is 11.0. The van der Waals surface area contributed by atoms with Gasteiger partial charge in [0.2, 0.25) is 0 Å². The molecule has 0 aliphatic carbocycles. The van der Waals surface area contributed by atoms with Crippen LogP contribution in [0.2, 0.25) is 0 Å². The molecule has 0 spiro atoms. The second-order valence-electron chi connectivity index (χ2n) is 6.47. The number of rotatable bonds is 10. The third-order valence-electron chi connectivity index (χ3n) is 3.13. The summed E-state index contributed by atoms with van der Waals surface area (Å²) in [5.41, 5.74) is 1.11. The van der Waals surface area contributed by atoms with Gasteiger partial charge in [-0.3, -0.25) is 0 Å². The molecule has 0 radical (unpaired) electrons. The van der Waals surface area contributed by atoms with Crippen molar-refractivity contribution < 1.29 is 9.47 Å². The quantitative estimate of drug-likeness (QED) is 0.231. The van der Waals surface area contributed by atoms with Crippen molar-refractivity contribution in [2.24, 2.45) is 4.99 Å². The maximum absolute atomic E-state index is 5.45. The average Bonchev–Trinajstić information content (AvgIpc) is 3.01. The van der Waals surface area contributed by atoms with Crippen LogP contribution in [-0.2, 0) is 21.4 Å². The predicted molar refractivity (Wildman–Crippen MR) is 116 cm³/mol. The smallest absolute Gasteiger partial charge is 0.191 e. The summed E-state index contributed by atoms with van der Waals surface area (Å²) < 4.78 is 10.4. The van der Waals surface area contributed by atoms with Gasteiger partial charge in [-0.05, 0) is 13.3 Å². The Balaban J connectivity index is 0.00000576. The number of hydrogen-bond acceptors (Lipinski definition) is 5. The van der Waals surface area contributed by atoms with Crippen LogP contribution in [-0.4, -0.2) is 51.0 Å². The molecule has 2 N–H and O–H groups in total. The van der Waals surface area contributed by atoms with Crippen molar-refractivity contribution >= 4 is 41.3 Å². The minimum atomic E-state index is 0. The first-order chi connectivity index (χ1) is 11.5. The van der Waals surface area contributed by atoms with E-state index in [1.54, 1.807) is 18.4 Å². The second kappa shape index (κ2) is 13.7. The first kappa shape index (κ1) is 24.6. The molecular formula is C17H33IN4O2S. The highest BCUT2D eigenvalue weighted by Crippen LogP contribution is 2.25. The zero-order valence-electron chi connectivity index (χ0n) is 16.1. The minimum absolute atomic E-state index is 0. The van der Waals surface area contributed by atoms with E-state index in [0.29, 0.717) is 19.8 Å². The number of nitrogens with one attached hydrogen (secondary N) is 2. The van der Waals surface area contributed by atoms with Gasteiger partial charge in [-0.15, -0.1) is 35.3 Å². The fraction of sp³-hybridized carbons (Fsp3) is 0.765. The van der Waals surface area contributed by atoms with Gasteiger partial charge in [0.25, 0.3) is 0 Å². The maximum atomic E-state index is 5.45. The Morgan fingerprint density at radius 3 is 2.60 bits per heavy atom. The van der Waals surface area contributed by atoms with Gasteiger partial charge in [0.05, 0.1) is 30.5 Å². The molecule has 0 saturated carbocycles. The summed E-state index contributed by atoms with van der Waals surface area (Å²) >= 11 is 1.70. The Morgan fingerprint density at radius 1 is 1.24 bits per heavy atom. The molecule has 0 aliphatic rings. The van der Waals surface area contributed by atoms with Crippen LogP contribution in [0, 0.1) is 0 Å². The van der Waals surface area contributed by atoms with Gasteiger partial charge in [0.15, 0.2) is 5.96 Å². The number of aliphatic imine (C=N–C) groups is 1. The lowest BCUT2D eigenvalue weighted by Gasteiger charge is -2.13. The topological polar surface area (TPSA) is 67.8 Å². The molecule has 1 aromatic rings. The van der Waals surface area contributed by atoms with E-state index in [-0.39, 0.29) is 29.4 Å². The molecule has 0 unspecified atom stereocenters. The third-order valence-corrected chi connectivity index (χ3v) is 4.44. The van der Waals surface area contributed by atoms with Crippen molar-refractivity contribution in [2.75, 3.05) is 40.0 Å². The van der Waals surface area contributed by atoms with Gasteiger partial charge in [-0.2, -0.15) is 0 Å². The molecule has 0 aliphatic heterocycles. The summed E-state index contributed by atoms with van der Waals surface area (Å²) in [5, 5.41) is 9.82. The molecule has 1 aromatic heterocycles. The first-order valence-electron chi connectivity index (χ1n) is 8.51. The van der Waals surface area contributed by atoms with Crippen LogP contribution >= 0.6 is 35.3 Å². The summed E-state index contributed by atoms with van der Waals surface area (Å²) in [4.78, 5) is 9.28. The van der Waals surface area contributed by atoms with E-state index < -0.39 is 0 Å². The Hall–Kier alpha value is -0.450. The Labute approximate surface area is 173 Å². The predicted octanol–water partition coefficient (Wildman–Crippen LogP) is 3.17. The molecule has 1 rings (SSSR count). The van der Waals surface area contributed by atoms with E-state index >= 15 is 0 Å². The summed E-state index contributed by atoms with van der Waals surface area (Å²) in [7, 11) is 1.68. The molecule has 6 nitrogen and oxygen atoms in total. The lowest BCUT2D eigenvalue weighted by atomic mass is 9.98. The fourth-order valence-electron chi connectivity index (χ4n) is 1.85. The summed E-state index contributed by atoms with van der Waals surface area (Å²) in [6, 6.07) is 0. The average molecular weight is 484 g/mol. The van der Waals surface area contributed by atoms with Crippen LogP contribution in [0.4, 0.5) is 0 Å². The zero-order valence-corrected chi connectivity index (χ0v) is 19.2. The number of halogens is 1. The summed E-state index contributed by atoms with van der Waals surface area (Å²) in [6.07, 6.45) is 0.930.